The fraction of sp³-hybridized carbons (Fsp3) is 0.571. The van der Waals surface area contributed by atoms with Crippen LogP contribution in [0, 0.1) is 0 Å². The second-order valence-electron chi connectivity index (χ2n) is 7.87. The zero-order chi connectivity index (χ0) is 19.5. The lowest BCUT2D eigenvalue weighted by Gasteiger charge is -2.39. The van der Waals surface area contributed by atoms with Crippen molar-refractivity contribution in [2.24, 2.45) is 0 Å². The van der Waals surface area contributed by atoms with Crippen molar-refractivity contribution >= 4 is 22.5 Å². The quantitative estimate of drug-likeness (QED) is 0.873. The van der Waals surface area contributed by atoms with Crippen molar-refractivity contribution in [3.05, 3.63) is 24.5 Å². The summed E-state index contributed by atoms with van der Waals surface area (Å²) < 4.78 is 5.87. The zero-order valence-electron chi connectivity index (χ0n) is 16.7. The lowest BCUT2D eigenvalue weighted by Crippen LogP contribution is -2.54. The predicted octanol–water partition coefficient (Wildman–Crippen LogP) is 2.21. The maximum Gasteiger partial charge on any atom is 0.237 e. The summed E-state index contributed by atoms with van der Waals surface area (Å²) in [7, 11) is 0. The van der Waals surface area contributed by atoms with Crippen molar-refractivity contribution < 1.29 is 9.53 Å². The highest BCUT2D eigenvalue weighted by Crippen LogP contribution is 2.28. The molecular formula is C21H29N5O2. The number of carbonyl (C=O) groups excluding carboxylic acids is 1. The molecule has 0 spiro atoms. The Morgan fingerprint density at radius 2 is 1.96 bits per heavy atom. The monoisotopic (exact) mass is 383 g/mol. The van der Waals surface area contributed by atoms with Gasteiger partial charge in [0, 0.05) is 38.4 Å². The molecule has 1 aromatic heterocycles. The lowest BCUT2D eigenvalue weighted by molar-refractivity contribution is -0.126. The molecule has 2 aliphatic heterocycles. The minimum Gasteiger partial charge on any atom is -0.474 e. The Balaban J connectivity index is 1.48. The molecule has 0 bridgehead atoms. The first-order valence-corrected chi connectivity index (χ1v) is 10.3. The maximum atomic E-state index is 12.3. The van der Waals surface area contributed by atoms with Crippen molar-refractivity contribution in [1.82, 2.24) is 20.2 Å². The van der Waals surface area contributed by atoms with Crippen LogP contribution in [-0.2, 0) is 4.79 Å². The second-order valence-corrected chi connectivity index (χ2v) is 7.87. The van der Waals surface area contributed by atoms with Gasteiger partial charge in [0.15, 0.2) is 0 Å². The third kappa shape index (κ3) is 4.04. The Morgan fingerprint density at radius 3 is 2.75 bits per heavy atom. The Kier molecular flexibility index (Phi) is 5.62. The van der Waals surface area contributed by atoms with Gasteiger partial charge in [0.2, 0.25) is 11.8 Å². The van der Waals surface area contributed by atoms with Crippen molar-refractivity contribution in [2.75, 3.05) is 37.6 Å². The van der Waals surface area contributed by atoms with Gasteiger partial charge in [-0.2, -0.15) is 0 Å². The van der Waals surface area contributed by atoms with Crippen LogP contribution in [0.4, 0.5) is 5.69 Å². The van der Waals surface area contributed by atoms with Gasteiger partial charge in [0.25, 0.3) is 0 Å². The number of carbonyl (C=O) groups is 1. The van der Waals surface area contributed by atoms with E-state index < -0.39 is 0 Å². The predicted molar refractivity (Wildman–Crippen MR) is 110 cm³/mol. The number of nitrogens with one attached hydrogen (secondary N) is 1. The molecule has 1 aromatic carbocycles. The fourth-order valence-corrected chi connectivity index (χ4v) is 4.10. The molecule has 1 atom stereocenters. The zero-order valence-corrected chi connectivity index (χ0v) is 16.7. The third-order valence-corrected chi connectivity index (χ3v) is 5.56. The molecule has 2 aliphatic rings. The summed E-state index contributed by atoms with van der Waals surface area (Å²) in [6, 6.07) is 6.30. The van der Waals surface area contributed by atoms with E-state index in [0.29, 0.717) is 5.88 Å². The minimum absolute atomic E-state index is 0.0284. The van der Waals surface area contributed by atoms with E-state index in [4.69, 9.17) is 4.74 Å². The van der Waals surface area contributed by atoms with E-state index in [-0.39, 0.29) is 18.1 Å². The van der Waals surface area contributed by atoms with Gasteiger partial charge in [0.05, 0.1) is 23.0 Å². The second kappa shape index (κ2) is 8.31. The van der Waals surface area contributed by atoms with Gasteiger partial charge >= 0.3 is 0 Å². The van der Waals surface area contributed by atoms with Crippen LogP contribution in [0.2, 0.25) is 0 Å². The molecule has 2 aromatic rings. The molecule has 7 nitrogen and oxygen atoms in total. The van der Waals surface area contributed by atoms with Crippen molar-refractivity contribution in [3.8, 4) is 5.88 Å². The smallest absolute Gasteiger partial charge is 0.237 e. The SMILES string of the molecule is CC(C)Oc1ncnc2ccc(N3CCN(C4CCCCNC4=O)CC3)cc12. The number of amides is 1. The molecule has 1 amide bonds. The number of ether oxygens (including phenoxy) is 1. The van der Waals surface area contributed by atoms with E-state index >= 15 is 0 Å². The molecule has 1 N–H and O–H groups in total. The molecule has 150 valence electrons. The van der Waals surface area contributed by atoms with Gasteiger partial charge in [-0.05, 0) is 51.3 Å². The first-order valence-electron chi connectivity index (χ1n) is 10.3. The summed E-state index contributed by atoms with van der Waals surface area (Å²) in [4.78, 5) is 25.7. The van der Waals surface area contributed by atoms with Gasteiger partial charge in [0.1, 0.15) is 6.33 Å². The van der Waals surface area contributed by atoms with E-state index in [2.05, 4.69) is 37.2 Å². The average molecular weight is 383 g/mol. The summed E-state index contributed by atoms with van der Waals surface area (Å²) in [5.74, 6) is 0.833. The first-order chi connectivity index (χ1) is 13.6. The van der Waals surface area contributed by atoms with Crippen LogP contribution in [-0.4, -0.2) is 65.6 Å². The molecule has 2 saturated heterocycles. The largest absolute Gasteiger partial charge is 0.474 e. The molecule has 0 saturated carbocycles. The van der Waals surface area contributed by atoms with Crippen LogP contribution in [0.15, 0.2) is 24.5 Å². The van der Waals surface area contributed by atoms with E-state index in [9.17, 15) is 4.79 Å². The van der Waals surface area contributed by atoms with Crippen molar-refractivity contribution in [1.29, 1.82) is 0 Å². The summed E-state index contributed by atoms with van der Waals surface area (Å²) in [6.45, 7) is 8.43. The minimum atomic E-state index is 0.0284. The van der Waals surface area contributed by atoms with Gasteiger partial charge in [-0.25, -0.2) is 9.97 Å². The molecule has 28 heavy (non-hydrogen) atoms. The maximum absolute atomic E-state index is 12.3. The number of anilines is 1. The summed E-state index contributed by atoms with van der Waals surface area (Å²) in [5, 5.41) is 4.00. The number of nitrogens with zero attached hydrogens (tertiary/aromatic N) is 4. The molecule has 3 heterocycles. The van der Waals surface area contributed by atoms with Crippen LogP contribution in [0.3, 0.4) is 0 Å². The Hall–Kier alpha value is -2.41. The lowest BCUT2D eigenvalue weighted by atomic mass is 10.1. The Bertz CT molecular complexity index is 833. The number of fused-ring (bicyclic) bond motifs is 1. The standard InChI is InChI=1S/C21H29N5O2/c1-15(2)28-21-17-13-16(6-7-18(17)23-14-24-21)25-9-11-26(12-10-25)19-5-3-4-8-22-20(19)27/h6-7,13-15,19H,3-5,8-12H2,1-2H3,(H,22,27). The van der Waals surface area contributed by atoms with Crippen molar-refractivity contribution in [3.63, 3.8) is 0 Å². The van der Waals surface area contributed by atoms with Crippen LogP contribution in [0.25, 0.3) is 10.9 Å². The Morgan fingerprint density at radius 1 is 1.14 bits per heavy atom. The summed E-state index contributed by atoms with van der Waals surface area (Å²) >= 11 is 0. The molecule has 1 unspecified atom stereocenters. The number of hydrogen-bond acceptors (Lipinski definition) is 6. The van der Waals surface area contributed by atoms with Crippen LogP contribution in [0.5, 0.6) is 5.88 Å². The van der Waals surface area contributed by atoms with E-state index in [0.717, 1.165) is 68.6 Å². The summed E-state index contributed by atoms with van der Waals surface area (Å²) in [6.07, 6.45) is 4.79. The Labute approximate surface area is 166 Å². The van der Waals surface area contributed by atoms with Crippen LogP contribution < -0.4 is 15.0 Å². The molecule has 0 radical (unpaired) electrons. The number of aromatic nitrogens is 2. The molecule has 7 heteroatoms. The first kappa shape index (κ1) is 18.9. The highest BCUT2D eigenvalue weighted by atomic mass is 16.5. The topological polar surface area (TPSA) is 70.6 Å². The number of rotatable bonds is 4. The summed E-state index contributed by atoms with van der Waals surface area (Å²) in [5.41, 5.74) is 2.05. The van der Waals surface area contributed by atoms with Gasteiger partial charge < -0.3 is 15.0 Å². The fourth-order valence-electron chi connectivity index (χ4n) is 4.10. The molecule has 2 fully saturated rings. The molecule has 0 aliphatic carbocycles. The van der Waals surface area contributed by atoms with Crippen LogP contribution in [0.1, 0.15) is 33.1 Å². The normalized spacial score (nSPS) is 21.6. The number of benzene rings is 1. The van der Waals surface area contributed by atoms with E-state index in [1.54, 1.807) is 6.33 Å². The van der Waals surface area contributed by atoms with Gasteiger partial charge in [-0.1, -0.05) is 0 Å². The average Bonchev–Trinajstić information content (AvgIpc) is 2.92. The van der Waals surface area contributed by atoms with Crippen molar-refractivity contribution in [2.45, 2.75) is 45.3 Å². The van der Waals surface area contributed by atoms with E-state index in [1.165, 1.54) is 0 Å². The highest BCUT2D eigenvalue weighted by molar-refractivity contribution is 5.86. The molecular weight excluding hydrogens is 354 g/mol. The highest BCUT2D eigenvalue weighted by Gasteiger charge is 2.30. The van der Waals surface area contributed by atoms with Crippen LogP contribution >= 0.6 is 0 Å². The molecule has 4 rings (SSSR count). The van der Waals surface area contributed by atoms with Gasteiger partial charge in [-0.3, -0.25) is 9.69 Å². The van der Waals surface area contributed by atoms with Gasteiger partial charge in [-0.15, -0.1) is 0 Å². The number of hydrogen-bond donors (Lipinski definition) is 1. The van der Waals surface area contributed by atoms with E-state index in [1.807, 2.05) is 19.9 Å². The third-order valence-electron chi connectivity index (χ3n) is 5.56. The number of piperazine rings is 1.